The summed E-state index contributed by atoms with van der Waals surface area (Å²) in [7, 11) is 0. The number of carbonyl (C=O) groups excluding carboxylic acids is 1. The first-order valence-corrected chi connectivity index (χ1v) is 9.09. The third-order valence-corrected chi connectivity index (χ3v) is 5.43. The average molecular weight is 348 g/mol. The Morgan fingerprint density at radius 3 is 2.44 bits per heavy atom. The van der Waals surface area contributed by atoms with Crippen LogP contribution in [0.2, 0.25) is 0 Å². The van der Waals surface area contributed by atoms with E-state index in [0.29, 0.717) is 38.8 Å². The molecule has 0 spiro atoms. The molecule has 2 aliphatic rings. The summed E-state index contributed by atoms with van der Waals surface area (Å²) in [5.41, 5.74) is -0.235. The Balaban J connectivity index is 1.53. The van der Waals surface area contributed by atoms with Crippen LogP contribution in [0.5, 0.6) is 0 Å². The van der Waals surface area contributed by atoms with Gasteiger partial charge in [0.2, 0.25) is 5.91 Å². The summed E-state index contributed by atoms with van der Waals surface area (Å²) in [5.74, 6) is -0.0200. The Hall–Kier alpha value is -1.47. The van der Waals surface area contributed by atoms with Crippen molar-refractivity contribution in [1.82, 2.24) is 9.80 Å². The summed E-state index contributed by atoms with van der Waals surface area (Å²) in [6, 6.07) is 9.56. The van der Waals surface area contributed by atoms with Crippen LogP contribution in [0.3, 0.4) is 0 Å². The minimum atomic E-state index is -1.19. The van der Waals surface area contributed by atoms with E-state index in [1.54, 1.807) is 4.90 Å². The normalized spacial score (nSPS) is 28.9. The summed E-state index contributed by atoms with van der Waals surface area (Å²) in [5, 5.41) is 30.9. The van der Waals surface area contributed by atoms with Gasteiger partial charge >= 0.3 is 0 Å². The number of likely N-dealkylation sites (tertiary alicyclic amines) is 2. The maximum Gasteiger partial charge on any atom is 0.227 e. The number of β-amino-alcohol motifs (C(OH)–C–C–N with tert-alkyl or cyclic N) is 2. The fourth-order valence-corrected chi connectivity index (χ4v) is 3.72. The summed E-state index contributed by atoms with van der Waals surface area (Å²) in [4.78, 5) is 16.2. The highest BCUT2D eigenvalue weighted by Gasteiger charge is 2.43. The van der Waals surface area contributed by atoms with Gasteiger partial charge in [-0.1, -0.05) is 30.3 Å². The van der Waals surface area contributed by atoms with E-state index in [4.69, 9.17) is 0 Å². The van der Waals surface area contributed by atoms with E-state index in [2.05, 4.69) is 4.90 Å². The van der Waals surface area contributed by atoms with Crippen molar-refractivity contribution in [2.45, 2.75) is 43.5 Å². The van der Waals surface area contributed by atoms with Gasteiger partial charge in [-0.3, -0.25) is 4.79 Å². The molecule has 2 saturated heterocycles. The third-order valence-electron chi connectivity index (χ3n) is 5.43. The van der Waals surface area contributed by atoms with Crippen LogP contribution in [-0.2, 0) is 11.2 Å². The molecule has 25 heavy (non-hydrogen) atoms. The van der Waals surface area contributed by atoms with Crippen molar-refractivity contribution in [3.63, 3.8) is 0 Å². The van der Waals surface area contributed by atoms with Gasteiger partial charge in [0.25, 0.3) is 0 Å². The molecule has 6 heteroatoms. The molecule has 0 aliphatic carbocycles. The molecule has 138 valence electrons. The number of aliphatic hydroxyl groups excluding tert-OH is 2. The average Bonchev–Trinajstić information content (AvgIpc) is 2.60. The number of carbonyl (C=O) groups is 1. The quantitative estimate of drug-likeness (QED) is 0.714. The van der Waals surface area contributed by atoms with E-state index in [-0.39, 0.29) is 18.6 Å². The molecule has 1 amide bonds. The molecule has 3 rings (SSSR count). The zero-order valence-corrected chi connectivity index (χ0v) is 14.5. The van der Waals surface area contributed by atoms with Crippen LogP contribution in [0.15, 0.2) is 30.3 Å². The van der Waals surface area contributed by atoms with Crippen molar-refractivity contribution >= 4 is 5.91 Å². The van der Waals surface area contributed by atoms with Gasteiger partial charge in [0.05, 0.1) is 12.5 Å². The van der Waals surface area contributed by atoms with Gasteiger partial charge in [-0.2, -0.15) is 0 Å². The Kier molecular flexibility index (Phi) is 5.74. The molecule has 0 bridgehead atoms. The van der Waals surface area contributed by atoms with Crippen molar-refractivity contribution in [3.8, 4) is 0 Å². The Morgan fingerprint density at radius 1 is 1.12 bits per heavy atom. The lowest BCUT2D eigenvalue weighted by atomic mass is 9.87. The van der Waals surface area contributed by atoms with Crippen LogP contribution in [0.4, 0.5) is 0 Å². The lowest BCUT2D eigenvalue weighted by molar-refractivity contribution is -0.154. The molecule has 0 unspecified atom stereocenters. The van der Waals surface area contributed by atoms with E-state index < -0.39 is 11.7 Å². The molecule has 1 aromatic carbocycles. The predicted molar refractivity (Wildman–Crippen MR) is 94.0 cm³/mol. The standard InChI is InChI=1S/C19H28N2O4/c22-16-6-9-20(10-7-16)14-19(25)8-11-21(13-17(19)23)18(24)12-15-4-2-1-3-5-15/h1-5,16-17,22-23,25H,6-14H2/t17-,19-/m0/s1. The van der Waals surface area contributed by atoms with Crippen molar-refractivity contribution in [3.05, 3.63) is 35.9 Å². The van der Waals surface area contributed by atoms with Crippen LogP contribution < -0.4 is 0 Å². The fourth-order valence-electron chi connectivity index (χ4n) is 3.72. The molecule has 0 aromatic heterocycles. The molecule has 6 nitrogen and oxygen atoms in total. The summed E-state index contributed by atoms with van der Waals surface area (Å²) in [6.45, 7) is 2.47. The zero-order valence-electron chi connectivity index (χ0n) is 14.5. The van der Waals surface area contributed by atoms with Crippen LogP contribution in [0.1, 0.15) is 24.8 Å². The number of rotatable bonds is 4. The van der Waals surface area contributed by atoms with Crippen LogP contribution in [0.25, 0.3) is 0 Å². The van der Waals surface area contributed by atoms with Crippen molar-refractivity contribution < 1.29 is 20.1 Å². The first kappa shape index (κ1) is 18.3. The van der Waals surface area contributed by atoms with Gasteiger partial charge in [0.15, 0.2) is 0 Å². The molecule has 2 atom stereocenters. The van der Waals surface area contributed by atoms with Gasteiger partial charge in [-0.05, 0) is 24.8 Å². The second-order valence-electron chi connectivity index (χ2n) is 7.38. The summed E-state index contributed by atoms with van der Waals surface area (Å²) in [6.07, 6.45) is 0.881. The topological polar surface area (TPSA) is 84.2 Å². The first-order chi connectivity index (χ1) is 12.0. The smallest absolute Gasteiger partial charge is 0.227 e. The third kappa shape index (κ3) is 4.58. The maximum atomic E-state index is 12.4. The number of benzene rings is 1. The highest BCUT2D eigenvalue weighted by atomic mass is 16.3. The molecule has 2 heterocycles. The number of amides is 1. The highest BCUT2D eigenvalue weighted by Crippen LogP contribution is 2.26. The Morgan fingerprint density at radius 2 is 1.80 bits per heavy atom. The summed E-state index contributed by atoms with van der Waals surface area (Å²) < 4.78 is 0. The number of hydrogen-bond acceptors (Lipinski definition) is 5. The molecule has 0 radical (unpaired) electrons. The van der Waals surface area contributed by atoms with E-state index in [9.17, 15) is 20.1 Å². The van der Waals surface area contributed by atoms with Crippen LogP contribution in [-0.4, -0.2) is 81.6 Å². The molecular formula is C19H28N2O4. The minimum absolute atomic E-state index is 0.0200. The van der Waals surface area contributed by atoms with E-state index in [0.717, 1.165) is 18.7 Å². The molecular weight excluding hydrogens is 320 g/mol. The van der Waals surface area contributed by atoms with Gasteiger partial charge in [0, 0.05) is 32.7 Å². The number of hydrogen-bond donors (Lipinski definition) is 3. The molecule has 3 N–H and O–H groups in total. The summed E-state index contributed by atoms with van der Waals surface area (Å²) >= 11 is 0. The monoisotopic (exact) mass is 348 g/mol. The Labute approximate surface area is 148 Å². The van der Waals surface area contributed by atoms with Gasteiger partial charge < -0.3 is 25.1 Å². The van der Waals surface area contributed by atoms with Crippen molar-refractivity contribution in [2.75, 3.05) is 32.7 Å². The maximum absolute atomic E-state index is 12.4. The lowest BCUT2D eigenvalue weighted by Gasteiger charge is -2.45. The first-order valence-electron chi connectivity index (χ1n) is 9.09. The Bertz CT molecular complexity index is 574. The van der Waals surface area contributed by atoms with Gasteiger partial charge in [-0.25, -0.2) is 0 Å². The zero-order chi connectivity index (χ0) is 17.9. The lowest BCUT2D eigenvalue weighted by Crippen LogP contribution is -2.61. The largest absolute Gasteiger partial charge is 0.393 e. The fraction of sp³-hybridized carbons (Fsp3) is 0.632. The second-order valence-corrected chi connectivity index (χ2v) is 7.38. The predicted octanol–water partition coefficient (Wildman–Crippen LogP) is 0.0101. The molecule has 2 aliphatic heterocycles. The van der Waals surface area contributed by atoms with Crippen molar-refractivity contribution in [2.24, 2.45) is 0 Å². The van der Waals surface area contributed by atoms with Crippen molar-refractivity contribution in [1.29, 1.82) is 0 Å². The van der Waals surface area contributed by atoms with Gasteiger partial charge in [-0.15, -0.1) is 0 Å². The molecule has 1 aromatic rings. The van der Waals surface area contributed by atoms with E-state index in [1.165, 1.54) is 0 Å². The number of piperidine rings is 2. The van der Waals surface area contributed by atoms with Crippen LogP contribution >= 0.6 is 0 Å². The molecule has 2 fully saturated rings. The number of nitrogens with zero attached hydrogens (tertiary/aromatic N) is 2. The van der Waals surface area contributed by atoms with Gasteiger partial charge in [0.1, 0.15) is 11.7 Å². The SMILES string of the molecule is O=C(Cc1ccccc1)N1CC[C@](O)(CN2CCC(O)CC2)[C@@H](O)C1. The van der Waals surface area contributed by atoms with E-state index in [1.807, 2.05) is 30.3 Å². The number of aliphatic hydroxyl groups is 3. The highest BCUT2D eigenvalue weighted by molar-refractivity contribution is 5.79. The van der Waals surface area contributed by atoms with E-state index >= 15 is 0 Å². The minimum Gasteiger partial charge on any atom is -0.393 e. The second kappa shape index (κ2) is 7.83. The molecule has 0 saturated carbocycles. The van der Waals surface area contributed by atoms with Crippen LogP contribution in [0, 0.1) is 0 Å².